The monoisotopic (exact) mass is 246 g/mol. The third-order valence-corrected chi connectivity index (χ3v) is 4.41. The number of amides is 1. The molecule has 1 rings (SSSR count). The lowest BCUT2D eigenvalue weighted by Gasteiger charge is -2.12. The van der Waals surface area contributed by atoms with E-state index in [4.69, 9.17) is 5.73 Å². The lowest BCUT2D eigenvalue weighted by Crippen LogP contribution is -2.36. The van der Waals surface area contributed by atoms with Gasteiger partial charge in [-0.1, -0.05) is 19.8 Å². The summed E-state index contributed by atoms with van der Waals surface area (Å²) in [5.74, 6) is 0.796. The van der Waals surface area contributed by atoms with Crippen molar-refractivity contribution in [2.24, 2.45) is 11.7 Å². The van der Waals surface area contributed by atoms with Crippen LogP contribution in [0.25, 0.3) is 0 Å². The van der Waals surface area contributed by atoms with Gasteiger partial charge in [0.25, 0.3) is 0 Å². The number of nitrogens with one attached hydrogen (secondary N) is 1. The highest BCUT2D eigenvalue weighted by Gasteiger charge is 2.18. The van der Waals surface area contributed by atoms with Crippen LogP contribution in [0.2, 0.25) is 0 Å². The van der Waals surface area contributed by atoms with Crippen LogP contribution in [0.15, 0.2) is 0 Å². The molecule has 0 radical (unpaired) electrons. The molecule has 94 valence electrons. The zero-order chi connectivity index (χ0) is 12.0. The summed E-state index contributed by atoms with van der Waals surface area (Å²) >= 11 is 0. The van der Waals surface area contributed by atoms with Gasteiger partial charge in [0.15, 0.2) is 0 Å². The van der Waals surface area contributed by atoms with Crippen molar-refractivity contribution in [2.45, 2.75) is 38.6 Å². The Morgan fingerprint density at radius 3 is 2.69 bits per heavy atom. The van der Waals surface area contributed by atoms with Crippen molar-refractivity contribution in [1.29, 1.82) is 0 Å². The van der Waals surface area contributed by atoms with Gasteiger partial charge in [-0.2, -0.15) is 0 Å². The second kappa shape index (κ2) is 7.01. The average molecular weight is 246 g/mol. The van der Waals surface area contributed by atoms with Crippen LogP contribution in [0, 0.1) is 5.92 Å². The quantitative estimate of drug-likeness (QED) is 0.712. The predicted molar refractivity (Wildman–Crippen MR) is 66.5 cm³/mol. The first kappa shape index (κ1) is 13.6. The maximum atomic E-state index is 11.6. The molecule has 1 amide bonds. The van der Waals surface area contributed by atoms with Gasteiger partial charge in [-0.05, 0) is 25.3 Å². The third-order valence-electron chi connectivity index (χ3n) is 2.89. The van der Waals surface area contributed by atoms with E-state index in [-0.39, 0.29) is 17.6 Å². The minimum Gasteiger partial charge on any atom is -0.353 e. The molecule has 1 aliphatic rings. The van der Waals surface area contributed by atoms with Crippen LogP contribution in [0.1, 0.15) is 32.6 Å². The lowest BCUT2D eigenvalue weighted by molar-refractivity contribution is -0.119. The Morgan fingerprint density at radius 2 is 2.12 bits per heavy atom. The second-order valence-corrected chi connectivity index (χ2v) is 6.14. The molecule has 0 aromatic carbocycles. The summed E-state index contributed by atoms with van der Waals surface area (Å²) in [7, 11) is -1.07. The Morgan fingerprint density at radius 1 is 1.50 bits per heavy atom. The number of nitrogens with two attached hydrogens (primary N) is 1. The van der Waals surface area contributed by atoms with Gasteiger partial charge in [0.1, 0.15) is 5.75 Å². The second-order valence-electron chi connectivity index (χ2n) is 4.64. The maximum Gasteiger partial charge on any atom is 0.232 e. The molecule has 0 aromatic heterocycles. The van der Waals surface area contributed by atoms with E-state index in [0.29, 0.717) is 18.3 Å². The average Bonchev–Trinajstić information content (AvgIpc) is 2.69. The first-order valence-electron chi connectivity index (χ1n) is 5.96. The van der Waals surface area contributed by atoms with Crippen LogP contribution < -0.4 is 11.1 Å². The number of carbonyl (C=O) groups is 1. The zero-order valence-corrected chi connectivity index (χ0v) is 10.7. The van der Waals surface area contributed by atoms with Crippen molar-refractivity contribution >= 4 is 16.7 Å². The fourth-order valence-corrected chi connectivity index (χ4v) is 3.19. The number of hydrogen-bond donors (Lipinski definition) is 2. The van der Waals surface area contributed by atoms with Gasteiger partial charge < -0.3 is 11.1 Å². The Balaban J connectivity index is 2.19. The van der Waals surface area contributed by atoms with Crippen LogP contribution in [-0.2, 0) is 15.6 Å². The molecule has 2 unspecified atom stereocenters. The highest BCUT2D eigenvalue weighted by atomic mass is 32.2. The fourth-order valence-electron chi connectivity index (χ4n) is 1.93. The van der Waals surface area contributed by atoms with E-state index in [1.54, 1.807) is 0 Å². The van der Waals surface area contributed by atoms with E-state index in [1.165, 1.54) is 12.8 Å². The van der Waals surface area contributed by atoms with Gasteiger partial charge in [-0.25, -0.2) is 0 Å². The normalized spacial score (nSPS) is 20.6. The predicted octanol–water partition coefficient (Wildman–Crippen LogP) is 0.389. The fraction of sp³-hybridized carbons (Fsp3) is 0.909. The SMILES string of the molecule is CC(CN)CS(=O)CC(=O)NC1CCCC1. The third kappa shape index (κ3) is 5.07. The van der Waals surface area contributed by atoms with Crippen LogP contribution in [0.4, 0.5) is 0 Å². The molecular formula is C11H22N2O2S. The number of rotatable bonds is 6. The van der Waals surface area contributed by atoms with Gasteiger partial charge in [-0.3, -0.25) is 9.00 Å². The lowest BCUT2D eigenvalue weighted by atomic mass is 10.2. The van der Waals surface area contributed by atoms with Crippen molar-refractivity contribution in [3.05, 3.63) is 0 Å². The molecule has 0 aliphatic heterocycles. The minimum absolute atomic E-state index is 0.0746. The Hall–Kier alpha value is -0.420. The summed E-state index contributed by atoms with van der Waals surface area (Å²) in [4.78, 5) is 11.5. The Kier molecular flexibility index (Phi) is 5.98. The molecule has 16 heavy (non-hydrogen) atoms. The van der Waals surface area contributed by atoms with Crippen LogP contribution in [0.3, 0.4) is 0 Å². The van der Waals surface area contributed by atoms with Crippen LogP contribution in [-0.4, -0.2) is 34.2 Å². The molecular weight excluding hydrogens is 224 g/mol. The molecule has 0 spiro atoms. The van der Waals surface area contributed by atoms with Crippen LogP contribution >= 0.6 is 0 Å². The summed E-state index contributed by atoms with van der Waals surface area (Å²) in [6.45, 7) is 2.47. The van der Waals surface area contributed by atoms with Gasteiger partial charge in [0, 0.05) is 22.6 Å². The smallest absolute Gasteiger partial charge is 0.232 e. The van der Waals surface area contributed by atoms with E-state index in [9.17, 15) is 9.00 Å². The van der Waals surface area contributed by atoms with Crippen LogP contribution in [0.5, 0.6) is 0 Å². The maximum absolute atomic E-state index is 11.6. The van der Waals surface area contributed by atoms with Crippen molar-refractivity contribution in [1.82, 2.24) is 5.32 Å². The van der Waals surface area contributed by atoms with Gasteiger partial charge in [0.05, 0.1) is 0 Å². The summed E-state index contributed by atoms with van der Waals surface area (Å²) in [6.07, 6.45) is 4.52. The van der Waals surface area contributed by atoms with Gasteiger partial charge >= 0.3 is 0 Å². The number of carbonyl (C=O) groups excluding carboxylic acids is 1. The largest absolute Gasteiger partial charge is 0.353 e. The molecule has 4 nitrogen and oxygen atoms in total. The molecule has 2 atom stereocenters. The summed E-state index contributed by atoms with van der Waals surface area (Å²) in [5, 5.41) is 2.94. The van der Waals surface area contributed by atoms with Crippen molar-refractivity contribution < 1.29 is 9.00 Å². The van der Waals surface area contributed by atoms with E-state index < -0.39 is 10.8 Å². The standard InChI is InChI=1S/C11H22N2O2S/c1-9(6-12)7-16(15)8-11(14)13-10-4-2-3-5-10/h9-10H,2-8,12H2,1H3,(H,13,14). The molecule has 5 heteroatoms. The molecule has 3 N–H and O–H groups in total. The van der Waals surface area contributed by atoms with E-state index >= 15 is 0 Å². The van der Waals surface area contributed by atoms with Crippen molar-refractivity contribution in [3.63, 3.8) is 0 Å². The molecule has 1 aliphatic carbocycles. The number of hydrogen-bond acceptors (Lipinski definition) is 3. The van der Waals surface area contributed by atoms with E-state index in [1.807, 2.05) is 6.92 Å². The van der Waals surface area contributed by atoms with Gasteiger partial charge in [0.2, 0.25) is 5.91 Å². The highest BCUT2D eigenvalue weighted by molar-refractivity contribution is 7.85. The Labute approximate surface area is 99.8 Å². The Bertz CT molecular complexity index is 252. The molecule has 1 fully saturated rings. The summed E-state index contributed by atoms with van der Waals surface area (Å²) in [5.41, 5.74) is 5.45. The first-order valence-corrected chi connectivity index (χ1v) is 7.45. The van der Waals surface area contributed by atoms with Crippen molar-refractivity contribution in [2.75, 3.05) is 18.1 Å². The van der Waals surface area contributed by atoms with Crippen molar-refractivity contribution in [3.8, 4) is 0 Å². The first-order chi connectivity index (χ1) is 7.61. The van der Waals surface area contributed by atoms with Gasteiger partial charge in [-0.15, -0.1) is 0 Å². The minimum atomic E-state index is -1.07. The molecule has 1 saturated carbocycles. The zero-order valence-electron chi connectivity index (χ0n) is 9.91. The topological polar surface area (TPSA) is 72.2 Å². The summed E-state index contributed by atoms with van der Waals surface area (Å²) in [6, 6.07) is 0.316. The summed E-state index contributed by atoms with van der Waals surface area (Å²) < 4.78 is 11.6. The van der Waals surface area contributed by atoms with E-state index in [2.05, 4.69) is 5.32 Å². The molecule has 0 aromatic rings. The molecule has 0 bridgehead atoms. The van der Waals surface area contributed by atoms with E-state index in [0.717, 1.165) is 12.8 Å². The molecule has 0 heterocycles. The molecule has 0 saturated heterocycles. The highest BCUT2D eigenvalue weighted by Crippen LogP contribution is 2.17.